The van der Waals surface area contributed by atoms with E-state index in [1.807, 2.05) is 13.2 Å². The number of aryl methyl sites for hydroxylation is 1. The third kappa shape index (κ3) is 3.38. The van der Waals surface area contributed by atoms with Gasteiger partial charge in [-0.2, -0.15) is 5.10 Å². The molecule has 0 fully saturated rings. The summed E-state index contributed by atoms with van der Waals surface area (Å²) in [6.07, 6.45) is 2.95. The molecule has 0 spiro atoms. The Bertz CT molecular complexity index is 553. The predicted octanol–water partition coefficient (Wildman–Crippen LogP) is 3.97. The fraction of sp³-hybridized carbons (Fsp3) is 0.357. The molecule has 0 bridgehead atoms. The number of nitrogens with one attached hydrogen (secondary N) is 1. The largest absolute Gasteiger partial charge is 0.308 e. The molecule has 1 N–H and O–H groups in total. The molecule has 2 rings (SSSR count). The fourth-order valence-electron chi connectivity index (χ4n) is 2.20. The highest BCUT2D eigenvalue weighted by Gasteiger charge is 2.20. The minimum Gasteiger partial charge on any atom is -0.308 e. The van der Waals surface area contributed by atoms with E-state index in [1.165, 1.54) is 14.8 Å². The van der Waals surface area contributed by atoms with E-state index in [0.717, 1.165) is 17.4 Å². The molecule has 19 heavy (non-hydrogen) atoms. The smallest absolute Gasteiger partial charge is 0.0757 e. The molecule has 1 heterocycles. The van der Waals surface area contributed by atoms with Gasteiger partial charge in [-0.25, -0.2) is 0 Å². The monoisotopic (exact) mass is 433 g/mol. The number of hydrogen-bond donors (Lipinski definition) is 1. The molecule has 1 aromatic carbocycles. The summed E-state index contributed by atoms with van der Waals surface area (Å²) in [5.74, 6) is 0. The van der Waals surface area contributed by atoms with E-state index in [9.17, 15) is 0 Å². The van der Waals surface area contributed by atoms with Crippen LogP contribution in [0.3, 0.4) is 0 Å². The van der Waals surface area contributed by atoms with Crippen LogP contribution in [0.4, 0.5) is 0 Å². The zero-order valence-corrected chi connectivity index (χ0v) is 14.8. The quantitative estimate of drug-likeness (QED) is 0.723. The molecule has 0 aliphatic rings. The Labute approximate surface area is 136 Å². The second-order valence-corrected chi connectivity index (χ2v) is 6.48. The second-order valence-electron chi connectivity index (χ2n) is 4.38. The summed E-state index contributed by atoms with van der Waals surface area (Å²) in [6.45, 7) is 3.10. The van der Waals surface area contributed by atoms with Crippen molar-refractivity contribution in [3.05, 3.63) is 49.8 Å². The van der Waals surface area contributed by atoms with Crippen LogP contribution in [-0.4, -0.2) is 16.8 Å². The highest BCUT2D eigenvalue weighted by molar-refractivity contribution is 14.1. The van der Waals surface area contributed by atoms with Crippen LogP contribution in [0.1, 0.15) is 30.6 Å². The average Bonchev–Trinajstić information content (AvgIpc) is 2.74. The summed E-state index contributed by atoms with van der Waals surface area (Å²) < 4.78 is 4.37. The molecule has 0 aliphatic carbocycles. The summed E-state index contributed by atoms with van der Waals surface area (Å²) >= 11 is 5.96. The van der Waals surface area contributed by atoms with Gasteiger partial charge in [0.05, 0.1) is 22.4 Å². The first-order valence-electron chi connectivity index (χ1n) is 6.31. The van der Waals surface area contributed by atoms with Crippen molar-refractivity contribution >= 4 is 38.5 Å². The summed E-state index contributed by atoms with van der Waals surface area (Å²) in [5, 5.41) is 7.84. The van der Waals surface area contributed by atoms with Crippen molar-refractivity contribution in [3.63, 3.8) is 0 Å². The van der Waals surface area contributed by atoms with Gasteiger partial charge in [0, 0.05) is 10.1 Å². The van der Waals surface area contributed by atoms with E-state index in [4.69, 9.17) is 0 Å². The van der Waals surface area contributed by atoms with Crippen LogP contribution in [0.2, 0.25) is 0 Å². The fourth-order valence-corrected chi connectivity index (χ4v) is 3.29. The van der Waals surface area contributed by atoms with Crippen LogP contribution in [0.25, 0.3) is 0 Å². The predicted molar refractivity (Wildman–Crippen MR) is 90.3 cm³/mol. The number of benzene rings is 1. The van der Waals surface area contributed by atoms with Crippen molar-refractivity contribution in [2.75, 3.05) is 7.05 Å². The van der Waals surface area contributed by atoms with Crippen molar-refractivity contribution in [2.24, 2.45) is 0 Å². The Balaban J connectivity index is 2.44. The van der Waals surface area contributed by atoms with Gasteiger partial charge in [-0.15, -0.1) is 0 Å². The molecular weight excluding hydrogens is 417 g/mol. The topological polar surface area (TPSA) is 29.9 Å². The first kappa shape index (κ1) is 15.0. The maximum absolute atomic E-state index is 4.45. The number of rotatable bonds is 5. The summed E-state index contributed by atoms with van der Waals surface area (Å²) in [5.41, 5.74) is 2.44. The average molecular weight is 434 g/mol. The third-order valence-corrected chi connectivity index (χ3v) is 4.29. The standard InChI is InChI=1S/C14H17BrIN3/c1-3-7-19-14(12(15)9-18-19)13(17-2)10-5-4-6-11(16)8-10/h4-6,8-9,13,17H,3,7H2,1-2H3. The Morgan fingerprint density at radius 1 is 1.47 bits per heavy atom. The zero-order valence-electron chi connectivity index (χ0n) is 11.0. The van der Waals surface area contributed by atoms with Crippen molar-refractivity contribution in [1.82, 2.24) is 15.1 Å². The van der Waals surface area contributed by atoms with Crippen molar-refractivity contribution < 1.29 is 0 Å². The molecule has 2 aromatic rings. The van der Waals surface area contributed by atoms with Gasteiger partial charge in [-0.05, 0) is 69.7 Å². The first-order valence-corrected chi connectivity index (χ1v) is 8.18. The van der Waals surface area contributed by atoms with Crippen LogP contribution < -0.4 is 5.32 Å². The molecule has 0 saturated heterocycles. The van der Waals surface area contributed by atoms with Crippen LogP contribution in [0, 0.1) is 3.57 Å². The van der Waals surface area contributed by atoms with Gasteiger partial charge >= 0.3 is 0 Å². The molecule has 3 nitrogen and oxygen atoms in total. The van der Waals surface area contributed by atoms with Gasteiger partial charge in [0.2, 0.25) is 0 Å². The molecule has 5 heteroatoms. The van der Waals surface area contributed by atoms with E-state index in [0.29, 0.717) is 0 Å². The van der Waals surface area contributed by atoms with E-state index in [-0.39, 0.29) is 6.04 Å². The van der Waals surface area contributed by atoms with Gasteiger partial charge in [0.15, 0.2) is 0 Å². The molecule has 1 unspecified atom stereocenters. The number of halogens is 2. The minimum absolute atomic E-state index is 0.151. The Hall–Kier alpha value is -0.400. The highest BCUT2D eigenvalue weighted by Crippen LogP contribution is 2.29. The lowest BCUT2D eigenvalue weighted by atomic mass is 10.0. The van der Waals surface area contributed by atoms with Gasteiger partial charge in [-0.3, -0.25) is 4.68 Å². The molecular formula is C14H17BrIN3. The van der Waals surface area contributed by atoms with E-state index >= 15 is 0 Å². The van der Waals surface area contributed by atoms with Gasteiger partial charge in [0.25, 0.3) is 0 Å². The first-order chi connectivity index (χ1) is 9.17. The maximum atomic E-state index is 4.45. The second kappa shape index (κ2) is 6.85. The Morgan fingerprint density at radius 3 is 2.89 bits per heavy atom. The zero-order chi connectivity index (χ0) is 13.8. The molecule has 1 atom stereocenters. The molecule has 0 radical (unpaired) electrons. The van der Waals surface area contributed by atoms with Crippen molar-refractivity contribution in [1.29, 1.82) is 0 Å². The van der Waals surface area contributed by atoms with Crippen LogP contribution in [-0.2, 0) is 6.54 Å². The van der Waals surface area contributed by atoms with Crippen molar-refractivity contribution in [3.8, 4) is 0 Å². The highest BCUT2D eigenvalue weighted by atomic mass is 127. The SMILES string of the molecule is CCCn1ncc(Br)c1C(NC)c1cccc(I)c1. The van der Waals surface area contributed by atoms with Gasteiger partial charge in [0.1, 0.15) is 0 Å². The minimum atomic E-state index is 0.151. The Kier molecular flexibility index (Phi) is 5.41. The normalized spacial score (nSPS) is 12.6. The number of aromatic nitrogens is 2. The van der Waals surface area contributed by atoms with Crippen LogP contribution >= 0.6 is 38.5 Å². The van der Waals surface area contributed by atoms with E-state index in [2.05, 4.69) is 84.8 Å². The summed E-state index contributed by atoms with van der Waals surface area (Å²) in [7, 11) is 1.99. The lowest BCUT2D eigenvalue weighted by Crippen LogP contribution is -2.22. The lowest BCUT2D eigenvalue weighted by molar-refractivity contribution is 0.533. The van der Waals surface area contributed by atoms with Gasteiger partial charge in [-0.1, -0.05) is 19.1 Å². The van der Waals surface area contributed by atoms with Crippen molar-refractivity contribution in [2.45, 2.75) is 25.9 Å². The number of nitrogens with zero attached hydrogens (tertiary/aromatic N) is 2. The molecule has 102 valence electrons. The summed E-state index contributed by atoms with van der Waals surface area (Å²) in [6, 6.07) is 8.71. The maximum Gasteiger partial charge on any atom is 0.0757 e. The van der Waals surface area contributed by atoms with E-state index in [1.54, 1.807) is 0 Å². The molecule has 0 saturated carbocycles. The van der Waals surface area contributed by atoms with E-state index < -0.39 is 0 Å². The number of hydrogen-bond acceptors (Lipinski definition) is 2. The molecule has 0 amide bonds. The molecule has 1 aromatic heterocycles. The summed E-state index contributed by atoms with van der Waals surface area (Å²) in [4.78, 5) is 0. The molecule has 0 aliphatic heterocycles. The van der Waals surface area contributed by atoms with Crippen LogP contribution in [0.5, 0.6) is 0 Å². The van der Waals surface area contributed by atoms with Crippen LogP contribution in [0.15, 0.2) is 34.9 Å². The van der Waals surface area contributed by atoms with Gasteiger partial charge < -0.3 is 5.32 Å². The Morgan fingerprint density at radius 2 is 2.26 bits per heavy atom. The lowest BCUT2D eigenvalue weighted by Gasteiger charge is -2.19. The third-order valence-electron chi connectivity index (χ3n) is 3.01.